The van der Waals surface area contributed by atoms with Gasteiger partial charge in [0.2, 0.25) is 17.1 Å². The maximum atomic E-state index is 12.3. The minimum absolute atomic E-state index is 0.506. The van der Waals surface area contributed by atoms with E-state index in [1.165, 1.54) is 0 Å². The maximum Gasteiger partial charge on any atom is 0.416 e. The van der Waals surface area contributed by atoms with Gasteiger partial charge in [0.25, 0.3) is 0 Å². The molecule has 0 saturated carbocycles. The Morgan fingerprint density at radius 1 is 1.00 bits per heavy atom. The number of benzene rings is 1. The lowest BCUT2D eigenvalue weighted by Gasteiger charge is -2.12. The topological polar surface area (TPSA) is 120 Å². The van der Waals surface area contributed by atoms with Crippen molar-refractivity contribution in [2.45, 2.75) is 16.3 Å². The fourth-order valence-corrected chi connectivity index (χ4v) is 2.81. The molecule has 0 aliphatic carbocycles. The Morgan fingerprint density at radius 3 is 1.70 bits per heavy atom. The molecule has 10 heteroatoms. The SMILES string of the molecule is NC(=O)C(C(N)=O)S(=O)(=O)c1ccc(C(F)(F)F)cc1. The van der Waals surface area contributed by atoms with E-state index in [1.807, 2.05) is 0 Å². The molecule has 0 atom stereocenters. The summed E-state index contributed by atoms with van der Waals surface area (Å²) in [7, 11) is -4.58. The highest BCUT2D eigenvalue weighted by Crippen LogP contribution is 2.30. The van der Waals surface area contributed by atoms with Crippen LogP contribution in [0.4, 0.5) is 13.2 Å². The molecule has 2 amide bonds. The third kappa shape index (κ3) is 3.07. The number of hydrogen-bond acceptors (Lipinski definition) is 4. The van der Waals surface area contributed by atoms with Crippen LogP contribution < -0.4 is 11.5 Å². The number of carbonyl (C=O) groups excluding carboxylic acids is 2. The van der Waals surface area contributed by atoms with Gasteiger partial charge in [0.1, 0.15) is 0 Å². The van der Waals surface area contributed by atoms with Crippen LogP contribution in [0.5, 0.6) is 0 Å². The number of rotatable bonds is 4. The van der Waals surface area contributed by atoms with E-state index in [1.54, 1.807) is 0 Å². The molecule has 1 aromatic carbocycles. The lowest BCUT2D eigenvalue weighted by Crippen LogP contribution is -2.45. The summed E-state index contributed by atoms with van der Waals surface area (Å²) in [5.74, 6) is -3.00. The van der Waals surface area contributed by atoms with Crippen LogP contribution >= 0.6 is 0 Å². The first-order valence-electron chi connectivity index (χ1n) is 4.97. The van der Waals surface area contributed by atoms with Crippen molar-refractivity contribution in [3.8, 4) is 0 Å². The van der Waals surface area contributed by atoms with Gasteiger partial charge in [-0.2, -0.15) is 13.2 Å². The Hall–Kier alpha value is -2.10. The number of nitrogens with two attached hydrogens (primary N) is 2. The van der Waals surface area contributed by atoms with Crippen LogP contribution in [0.2, 0.25) is 0 Å². The second-order valence-corrected chi connectivity index (χ2v) is 5.78. The van der Waals surface area contributed by atoms with Gasteiger partial charge in [0, 0.05) is 0 Å². The Bertz CT molecular complexity index is 623. The molecular weight excluding hydrogens is 301 g/mol. The highest BCUT2D eigenvalue weighted by atomic mass is 32.2. The number of amides is 2. The fraction of sp³-hybridized carbons (Fsp3) is 0.200. The Kier molecular flexibility index (Phi) is 4.08. The molecule has 0 unspecified atom stereocenters. The minimum Gasteiger partial charge on any atom is -0.368 e. The summed E-state index contributed by atoms with van der Waals surface area (Å²) in [6.45, 7) is 0. The monoisotopic (exact) mass is 310 g/mol. The van der Waals surface area contributed by atoms with Gasteiger partial charge in [0.15, 0.2) is 9.84 Å². The largest absolute Gasteiger partial charge is 0.416 e. The average molecular weight is 310 g/mol. The number of hydrogen-bond donors (Lipinski definition) is 2. The second kappa shape index (κ2) is 5.12. The van der Waals surface area contributed by atoms with Crippen molar-refractivity contribution < 1.29 is 31.2 Å². The minimum atomic E-state index is -4.64. The molecule has 4 N–H and O–H groups in total. The van der Waals surface area contributed by atoms with Crippen LogP contribution in [0, 0.1) is 0 Å². The number of alkyl halides is 3. The van der Waals surface area contributed by atoms with E-state index in [0.29, 0.717) is 24.3 Å². The summed E-state index contributed by atoms with van der Waals surface area (Å²) in [5.41, 5.74) is 8.45. The molecule has 0 bridgehead atoms. The zero-order chi connectivity index (χ0) is 15.7. The number of carbonyl (C=O) groups is 2. The van der Waals surface area contributed by atoms with Crippen LogP contribution in [-0.4, -0.2) is 25.5 Å². The molecule has 0 saturated heterocycles. The highest BCUT2D eigenvalue weighted by Gasteiger charge is 2.38. The molecule has 0 aliphatic heterocycles. The third-order valence-corrected chi connectivity index (χ3v) is 4.35. The van der Waals surface area contributed by atoms with Crippen LogP contribution in [0.25, 0.3) is 0 Å². The summed E-state index contributed by atoms with van der Waals surface area (Å²) in [5, 5.41) is -2.33. The van der Waals surface area contributed by atoms with E-state index in [9.17, 15) is 31.2 Å². The first-order chi connectivity index (χ1) is 8.98. The second-order valence-electron chi connectivity index (χ2n) is 3.75. The lowest BCUT2D eigenvalue weighted by atomic mass is 10.2. The molecule has 20 heavy (non-hydrogen) atoms. The summed E-state index contributed by atoms with van der Waals surface area (Å²) < 4.78 is 60.8. The average Bonchev–Trinajstić information content (AvgIpc) is 2.26. The number of halogens is 3. The first kappa shape index (κ1) is 16.0. The third-order valence-electron chi connectivity index (χ3n) is 2.34. The van der Waals surface area contributed by atoms with Crippen molar-refractivity contribution in [2.75, 3.05) is 0 Å². The van der Waals surface area contributed by atoms with Gasteiger partial charge in [0.05, 0.1) is 10.5 Å². The van der Waals surface area contributed by atoms with Crippen molar-refractivity contribution in [1.29, 1.82) is 0 Å². The smallest absolute Gasteiger partial charge is 0.368 e. The van der Waals surface area contributed by atoms with Crippen molar-refractivity contribution in [3.63, 3.8) is 0 Å². The molecule has 0 radical (unpaired) electrons. The molecule has 0 heterocycles. The molecular formula is C10H9F3N2O4S. The van der Waals surface area contributed by atoms with E-state index >= 15 is 0 Å². The van der Waals surface area contributed by atoms with E-state index in [2.05, 4.69) is 0 Å². The van der Waals surface area contributed by atoms with Crippen LogP contribution in [-0.2, 0) is 25.6 Å². The van der Waals surface area contributed by atoms with Gasteiger partial charge < -0.3 is 11.5 Å². The quantitative estimate of drug-likeness (QED) is 0.749. The van der Waals surface area contributed by atoms with Gasteiger partial charge in [-0.25, -0.2) is 8.42 Å². The molecule has 0 fully saturated rings. The summed E-state index contributed by atoms with van der Waals surface area (Å²) in [4.78, 5) is 21.2. The highest BCUT2D eigenvalue weighted by molar-refractivity contribution is 7.93. The molecule has 110 valence electrons. The van der Waals surface area contributed by atoms with E-state index < -0.39 is 43.5 Å². The molecule has 0 aliphatic rings. The van der Waals surface area contributed by atoms with E-state index in [-0.39, 0.29) is 0 Å². The lowest BCUT2D eigenvalue weighted by molar-refractivity contribution is -0.137. The Labute approximate surface area is 111 Å². The Balaban J connectivity index is 3.30. The predicted molar refractivity (Wildman–Crippen MR) is 60.8 cm³/mol. The van der Waals surface area contributed by atoms with Crippen LogP contribution in [0.15, 0.2) is 29.2 Å². The summed E-state index contributed by atoms with van der Waals surface area (Å²) >= 11 is 0. The van der Waals surface area contributed by atoms with Crippen molar-refractivity contribution in [1.82, 2.24) is 0 Å². The van der Waals surface area contributed by atoms with Gasteiger partial charge in [-0.1, -0.05) is 0 Å². The summed E-state index contributed by atoms with van der Waals surface area (Å²) in [6.07, 6.45) is -4.64. The van der Waals surface area contributed by atoms with Gasteiger partial charge in [-0.3, -0.25) is 9.59 Å². The van der Waals surface area contributed by atoms with Gasteiger partial charge >= 0.3 is 6.18 Å². The normalized spacial score (nSPS) is 12.4. The standard InChI is InChI=1S/C10H9F3N2O4S/c11-10(12,13)5-1-3-6(4-2-5)20(18,19)7(8(14)16)9(15)17/h1-4,7H,(H2,14,16)(H2,15,17). The number of sulfone groups is 1. The first-order valence-corrected chi connectivity index (χ1v) is 6.52. The fourth-order valence-electron chi connectivity index (χ4n) is 1.42. The van der Waals surface area contributed by atoms with Gasteiger partial charge in [-0.15, -0.1) is 0 Å². The Morgan fingerprint density at radius 2 is 1.40 bits per heavy atom. The van der Waals surface area contributed by atoms with Crippen molar-refractivity contribution >= 4 is 21.7 Å². The van der Waals surface area contributed by atoms with Crippen molar-refractivity contribution in [3.05, 3.63) is 29.8 Å². The summed E-state index contributed by atoms with van der Waals surface area (Å²) in [6, 6.07) is 2.26. The maximum absolute atomic E-state index is 12.3. The molecule has 0 spiro atoms. The van der Waals surface area contributed by atoms with Crippen LogP contribution in [0.1, 0.15) is 5.56 Å². The zero-order valence-electron chi connectivity index (χ0n) is 9.72. The predicted octanol–water partition coefficient (Wildman–Crippen LogP) is -0.182. The molecule has 6 nitrogen and oxygen atoms in total. The van der Waals surface area contributed by atoms with Gasteiger partial charge in [-0.05, 0) is 24.3 Å². The molecule has 0 aromatic heterocycles. The van der Waals surface area contributed by atoms with Crippen molar-refractivity contribution in [2.24, 2.45) is 11.5 Å². The zero-order valence-corrected chi connectivity index (χ0v) is 10.5. The van der Waals surface area contributed by atoms with Crippen LogP contribution in [0.3, 0.4) is 0 Å². The van der Waals surface area contributed by atoms with E-state index in [0.717, 1.165) is 0 Å². The molecule has 1 aromatic rings. The molecule has 1 rings (SSSR count). The van der Waals surface area contributed by atoms with E-state index in [4.69, 9.17) is 11.5 Å². The number of primary amides is 2.